The zero-order valence-electron chi connectivity index (χ0n) is 11.9. The van der Waals surface area contributed by atoms with E-state index in [1.54, 1.807) is 4.90 Å². The molecule has 1 aromatic rings. The molecule has 3 aliphatic heterocycles. The smallest absolute Gasteiger partial charge is 0.312 e. The van der Waals surface area contributed by atoms with Gasteiger partial charge in [0.2, 0.25) is 5.91 Å². The summed E-state index contributed by atoms with van der Waals surface area (Å²) < 4.78 is 11.8. The topological polar surface area (TPSA) is 55.8 Å². The number of hydrogen-bond acceptors (Lipinski definition) is 4. The maximum absolute atomic E-state index is 12.9. The molecule has 2 bridgehead atoms. The van der Waals surface area contributed by atoms with Gasteiger partial charge in [-0.2, -0.15) is 0 Å². The highest BCUT2D eigenvalue weighted by Gasteiger charge is 2.67. The largest absolute Gasteiger partial charge is 0.469 e. The van der Waals surface area contributed by atoms with Crippen molar-refractivity contribution in [1.29, 1.82) is 0 Å². The molecule has 4 atom stereocenters. The number of ether oxygens (including phenoxy) is 2. The van der Waals surface area contributed by atoms with E-state index >= 15 is 0 Å². The van der Waals surface area contributed by atoms with Gasteiger partial charge >= 0.3 is 5.97 Å². The zero-order valence-corrected chi connectivity index (χ0v) is 13.4. The normalized spacial score (nSPS) is 35.1. The number of fused-ring (bicyclic) bond motifs is 1. The summed E-state index contributed by atoms with van der Waals surface area (Å²) in [5.74, 6) is -1.52. The van der Waals surface area contributed by atoms with Crippen molar-refractivity contribution in [2.45, 2.75) is 11.7 Å². The van der Waals surface area contributed by atoms with Crippen LogP contribution in [-0.4, -0.2) is 37.2 Å². The second-order valence-electron chi connectivity index (χ2n) is 5.82. The third kappa shape index (κ3) is 1.74. The number of halogens is 1. The molecule has 2 saturated heterocycles. The van der Waals surface area contributed by atoms with Crippen molar-refractivity contribution in [2.24, 2.45) is 11.8 Å². The Balaban J connectivity index is 1.71. The molecule has 5 nitrogen and oxygen atoms in total. The molecule has 6 heteroatoms. The van der Waals surface area contributed by atoms with Crippen molar-refractivity contribution in [3.63, 3.8) is 0 Å². The Morgan fingerprint density at radius 3 is 2.82 bits per heavy atom. The second-order valence-corrected chi connectivity index (χ2v) is 6.74. The molecular formula is C16H14BrNO4. The molecule has 0 N–H and O–H groups in total. The molecule has 4 rings (SSSR count). The van der Waals surface area contributed by atoms with E-state index in [1.165, 1.54) is 7.11 Å². The fraction of sp³-hybridized carbons (Fsp3) is 0.375. The van der Waals surface area contributed by atoms with Gasteiger partial charge in [-0.15, -0.1) is 0 Å². The summed E-state index contributed by atoms with van der Waals surface area (Å²) in [6, 6.07) is 7.53. The van der Waals surface area contributed by atoms with Crippen molar-refractivity contribution >= 4 is 33.5 Å². The lowest BCUT2D eigenvalue weighted by Crippen LogP contribution is -2.39. The fourth-order valence-electron chi connectivity index (χ4n) is 3.74. The van der Waals surface area contributed by atoms with Crippen molar-refractivity contribution in [3.05, 3.63) is 40.9 Å². The number of anilines is 1. The van der Waals surface area contributed by atoms with Gasteiger partial charge in [-0.05, 0) is 24.3 Å². The van der Waals surface area contributed by atoms with Crippen LogP contribution in [0.25, 0.3) is 0 Å². The highest BCUT2D eigenvalue weighted by atomic mass is 79.9. The van der Waals surface area contributed by atoms with E-state index in [4.69, 9.17) is 9.47 Å². The fourth-order valence-corrected chi connectivity index (χ4v) is 4.01. The van der Waals surface area contributed by atoms with Crippen LogP contribution in [0.1, 0.15) is 0 Å². The first-order valence-corrected chi connectivity index (χ1v) is 7.87. The van der Waals surface area contributed by atoms with E-state index in [0.29, 0.717) is 6.54 Å². The monoisotopic (exact) mass is 363 g/mol. The van der Waals surface area contributed by atoms with E-state index < -0.39 is 17.4 Å². The van der Waals surface area contributed by atoms with E-state index in [0.717, 1.165) is 10.2 Å². The van der Waals surface area contributed by atoms with Crippen LogP contribution in [0.2, 0.25) is 0 Å². The van der Waals surface area contributed by atoms with E-state index in [9.17, 15) is 9.59 Å². The van der Waals surface area contributed by atoms with Crippen molar-refractivity contribution in [1.82, 2.24) is 0 Å². The van der Waals surface area contributed by atoms with E-state index in [-0.39, 0.29) is 18.0 Å². The zero-order chi connectivity index (χ0) is 15.5. The lowest BCUT2D eigenvalue weighted by molar-refractivity contribution is -0.149. The summed E-state index contributed by atoms with van der Waals surface area (Å²) in [4.78, 5) is 26.6. The first kappa shape index (κ1) is 14.0. The molecule has 0 aromatic heterocycles. The number of carbonyl (C=O) groups is 2. The highest BCUT2D eigenvalue weighted by molar-refractivity contribution is 9.10. The Hall–Kier alpha value is -1.66. The highest BCUT2D eigenvalue weighted by Crippen LogP contribution is 2.52. The second kappa shape index (κ2) is 4.67. The summed E-state index contributed by atoms with van der Waals surface area (Å²) in [6.07, 6.45) is 3.45. The Kier molecular flexibility index (Phi) is 2.96. The molecule has 1 spiro atoms. The van der Waals surface area contributed by atoms with Gasteiger partial charge in [-0.3, -0.25) is 9.59 Å². The molecule has 2 fully saturated rings. The van der Waals surface area contributed by atoms with Crippen molar-refractivity contribution < 1.29 is 19.1 Å². The van der Waals surface area contributed by atoms with Gasteiger partial charge in [0, 0.05) is 10.2 Å². The minimum absolute atomic E-state index is 0.0791. The van der Waals surface area contributed by atoms with Gasteiger partial charge in [0.05, 0.1) is 25.7 Å². The number of rotatable bonds is 2. The van der Waals surface area contributed by atoms with Gasteiger partial charge < -0.3 is 14.4 Å². The molecule has 1 unspecified atom stereocenters. The Morgan fingerprint density at radius 2 is 2.14 bits per heavy atom. The quantitative estimate of drug-likeness (QED) is 0.594. The van der Waals surface area contributed by atoms with Crippen LogP contribution in [0, 0.1) is 11.8 Å². The predicted molar refractivity (Wildman–Crippen MR) is 82.2 cm³/mol. The van der Waals surface area contributed by atoms with Crippen LogP contribution in [-0.2, 0) is 19.1 Å². The standard InChI is InChI=1S/C16H14BrNO4/c1-21-15(20)12-11-6-7-16(22-11)8-18(14(19)13(12)16)10-4-2-9(17)3-5-10/h2-7,11-13H,8H2,1H3/t11-,12?,13-,16+/m0/s1. The van der Waals surface area contributed by atoms with Crippen LogP contribution in [0.4, 0.5) is 5.69 Å². The van der Waals surface area contributed by atoms with Crippen LogP contribution >= 0.6 is 15.9 Å². The number of nitrogens with zero attached hydrogens (tertiary/aromatic N) is 1. The molecule has 1 aromatic carbocycles. The van der Waals surface area contributed by atoms with Gasteiger partial charge in [-0.1, -0.05) is 28.1 Å². The van der Waals surface area contributed by atoms with Gasteiger partial charge in [0.25, 0.3) is 0 Å². The number of carbonyl (C=O) groups excluding carboxylic acids is 2. The summed E-state index contributed by atoms with van der Waals surface area (Å²) in [7, 11) is 1.34. The summed E-state index contributed by atoms with van der Waals surface area (Å²) in [5, 5.41) is 0. The Labute approximate surface area is 136 Å². The van der Waals surface area contributed by atoms with Crippen LogP contribution in [0.3, 0.4) is 0 Å². The number of hydrogen-bond donors (Lipinski definition) is 0. The lowest BCUT2D eigenvalue weighted by Gasteiger charge is -2.22. The minimum atomic E-state index is -0.701. The van der Waals surface area contributed by atoms with E-state index in [1.807, 2.05) is 36.4 Å². The first-order valence-electron chi connectivity index (χ1n) is 7.08. The van der Waals surface area contributed by atoms with Crippen molar-refractivity contribution in [2.75, 3.05) is 18.6 Å². The molecule has 0 radical (unpaired) electrons. The summed E-state index contributed by atoms with van der Waals surface area (Å²) >= 11 is 3.39. The minimum Gasteiger partial charge on any atom is -0.469 e. The van der Waals surface area contributed by atoms with Gasteiger partial charge in [0.15, 0.2) is 0 Å². The van der Waals surface area contributed by atoms with Crippen molar-refractivity contribution in [3.8, 4) is 0 Å². The summed E-state index contributed by atoms with van der Waals surface area (Å²) in [5.41, 5.74) is 0.106. The number of benzene rings is 1. The molecule has 1 amide bonds. The Morgan fingerprint density at radius 1 is 1.41 bits per heavy atom. The SMILES string of the molecule is COC(=O)C1[C@@H]2C=C[C@]3(CN(c4ccc(Br)cc4)C(=O)[C@H]13)O2. The molecule has 3 heterocycles. The average Bonchev–Trinajstić information content (AvgIpc) is 3.16. The average molecular weight is 364 g/mol. The molecule has 3 aliphatic rings. The Bertz CT molecular complexity index is 686. The third-order valence-corrected chi connectivity index (χ3v) is 5.24. The molecule has 114 valence electrons. The maximum Gasteiger partial charge on any atom is 0.312 e. The first-order chi connectivity index (χ1) is 10.6. The lowest BCUT2D eigenvalue weighted by atomic mass is 9.77. The summed E-state index contributed by atoms with van der Waals surface area (Å²) in [6.45, 7) is 0.429. The molecule has 0 saturated carbocycles. The van der Waals surface area contributed by atoms with Gasteiger partial charge in [-0.25, -0.2) is 0 Å². The van der Waals surface area contributed by atoms with Gasteiger partial charge in [0.1, 0.15) is 11.5 Å². The maximum atomic E-state index is 12.9. The van der Waals surface area contributed by atoms with Crippen LogP contribution < -0.4 is 4.90 Å². The number of methoxy groups -OCH3 is 1. The predicted octanol–water partition coefficient (Wildman–Crippen LogP) is 1.91. The number of amides is 1. The van der Waals surface area contributed by atoms with Crippen LogP contribution in [0.5, 0.6) is 0 Å². The third-order valence-electron chi connectivity index (χ3n) is 4.71. The molecule has 22 heavy (non-hydrogen) atoms. The number of esters is 1. The molecular weight excluding hydrogens is 350 g/mol. The van der Waals surface area contributed by atoms with E-state index in [2.05, 4.69) is 15.9 Å². The molecule has 0 aliphatic carbocycles. The van der Waals surface area contributed by atoms with Crippen LogP contribution in [0.15, 0.2) is 40.9 Å².